The van der Waals surface area contributed by atoms with Crippen LogP contribution in [0.15, 0.2) is 48.8 Å². The molecule has 0 spiro atoms. The summed E-state index contributed by atoms with van der Waals surface area (Å²) in [5.74, 6) is -0.702. The van der Waals surface area contributed by atoms with Gasteiger partial charge in [0.05, 0.1) is 11.7 Å². The number of carbonyl (C=O) groups is 2. The monoisotopic (exact) mass is 469 g/mol. The lowest BCUT2D eigenvalue weighted by molar-refractivity contribution is -0.124. The number of likely N-dealkylation sites (tertiary alicyclic amines) is 1. The Morgan fingerprint density at radius 1 is 1.26 bits per heavy atom. The van der Waals surface area contributed by atoms with Gasteiger partial charge in [0.25, 0.3) is 5.91 Å². The summed E-state index contributed by atoms with van der Waals surface area (Å²) < 4.78 is 19.3. The summed E-state index contributed by atoms with van der Waals surface area (Å²) in [4.78, 5) is 34.3. The Bertz CT molecular complexity index is 953. The van der Waals surface area contributed by atoms with Crippen molar-refractivity contribution in [3.63, 3.8) is 0 Å². The van der Waals surface area contributed by atoms with Crippen molar-refractivity contribution < 1.29 is 18.7 Å². The molecule has 1 aromatic heterocycles. The quantitative estimate of drug-likeness (QED) is 0.578. The molecule has 2 aliphatic rings. The number of nitrogens with two attached hydrogens (primary N) is 1. The van der Waals surface area contributed by atoms with Gasteiger partial charge in [-0.05, 0) is 49.1 Å². The van der Waals surface area contributed by atoms with Gasteiger partial charge in [0.15, 0.2) is 0 Å². The number of amides is 2. The van der Waals surface area contributed by atoms with E-state index in [9.17, 15) is 14.0 Å². The largest absolute Gasteiger partial charge is 0.377 e. The first-order chi connectivity index (χ1) is 16.5. The molecule has 2 aliphatic heterocycles. The average Bonchev–Trinajstić information content (AvgIpc) is 3.54. The Balaban J connectivity index is 1.57. The fraction of sp³-hybridized carbons (Fsp3) is 0.480. The number of nitrogens with one attached hydrogen (secondary N) is 1. The summed E-state index contributed by atoms with van der Waals surface area (Å²) in [7, 11) is 0. The van der Waals surface area contributed by atoms with E-state index in [4.69, 9.17) is 10.5 Å². The van der Waals surface area contributed by atoms with E-state index in [1.807, 2.05) is 0 Å². The Morgan fingerprint density at radius 3 is 2.76 bits per heavy atom. The van der Waals surface area contributed by atoms with Gasteiger partial charge in [-0.15, -0.1) is 0 Å². The molecule has 0 bridgehead atoms. The minimum atomic E-state index is -0.607. The van der Waals surface area contributed by atoms with E-state index in [2.05, 4.69) is 15.2 Å². The van der Waals surface area contributed by atoms with Crippen molar-refractivity contribution in [2.45, 2.75) is 44.0 Å². The summed E-state index contributed by atoms with van der Waals surface area (Å²) in [5, 5.41) is 2.84. The van der Waals surface area contributed by atoms with Crippen LogP contribution in [0.25, 0.3) is 0 Å². The third kappa shape index (κ3) is 5.97. The van der Waals surface area contributed by atoms with Gasteiger partial charge in [-0.25, -0.2) is 4.39 Å². The molecule has 2 aromatic rings. The average molecular weight is 470 g/mol. The molecular weight excluding hydrogens is 437 g/mol. The minimum Gasteiger partial charge on any atom is -0.377 e. The van der Waals surface area contributed by atoms with Crippen LogP contribution in [0.3, 0.4) is 0 Å². The Kier molecular flexibility index (Phi) is 8.21. The summed E-state index contributed by atoms with van der Waals surface area (Å²) in [5.41, 5.74) is 6.99. The SMILES string of the molecule is NCCNC(=O)C1CC(N(Cc2ccc(F)cc2)CC2CCCO2)CN1C(=O)c1cccnc1. The molecule has 9 heteroatoms. The second-order valence-corrected chi connectivity index (χ2v) is 8.88. The Labute approximate surface area is 199 Å². The van der Waals surface area contributed by atoms with E-state index >= 15 is 0 Å². The lowest BCUT2D eigenvalue weighted by Gasteiger charge is -2.31. The molecule has 2 fully saturated rings. The Hall–Kier alpha value is -2.88. The number of rotatable bonds is 9. The third-order valence-electron chi connectivity index (χ3n) is 6.47. The number of hydrogen-bond acceptors (Lipinski definition) is 6. The van der Waals surface area contributed by atoms with Gasteiger partial charge >= 0.3 is 0 Å². The first-order valence-corrected chi connectivity index (χ1v) is 11.8. The predicted octanol–water partition coefficient (Wildman–Crippen LogP) is 1.56. The Morgan fingerprint density at radius 2 is 2.09 bits per heavy atom. The third-order valence-corrected chi connectivity index (χ3v) is 6.47. The summed E-state index contributed by atoms with van der Waals surface area (Å²) in [6.45, 7) is 3.10. The van der Waals surface area contributed by atoms with Crippen LogP contribution in [-0.2, 0) is 16.1 Å². The zero-order valence-electron chi connectivity index (χ0n) is 19.2. The minimum absolute atomic E-state index is 0.0523. The number of pyridine rings is 1. The molecule has 2 amide bonds. The predicted molar refractivity (Wildman–Crippen MR) is 125 cm³/mol. The zero-order chi connectivity index (χ0) is 23.9. The van der Waals surface area contributed by atoms with E-state index in [-0.39, 0.29) is 29.8 Å². The van der Waals surface area contributed by atoms with Crippen LogP contribution in [0.4, 0.5) is 4.39 Å². The normalized spacial score (nSPS) is 22.3. The first kappa shape index (κ1) is 24.3. The molecule has 2 saturated heterocycles. The lowest BCUT2D eigenvalue weighted by Crippen LogP contribution is -2.47. The second-order valence-electron chi connectivity index (χ2n) is 8.88. The molecule has 4 rings (SSSR count). The van der Waals surface area contributed by atoms with E-state index < -0.39 is 6.04 Å². The van der Waals surface area contributed by atoms with E-state index in [0.29, 0.717) is 44.7 Å². The maximum atomic E-state index is 13.5. The van der Waals surface area contributed by atoms with Crippen LogP contribution in [0, 0.1) is 5.82 Å². The molecule has 0 aliphatic carbocycles. The zero-order valence-corrected chi connectivity index (χ0v) is 19.2. The molecular formula is C25H32FN5O3. The van der Waals surface area contributed by atoms with Crippen molar-refractivity contribution in [3.8, 4) is 0 Å². The van der Waals surface area contributed by atoms with Gasteiger partial charge in [-0.3, -0.25) is 19.5 Å². The fourth-order valence-corrected chi connectivity index (χ4v) is 4.74. The van der Waals surface area contributed by atoms with Crippen molar-refractivity contribution in [2.24, 2.45) is 5.73 Å². The van der Waals surface area contributed by atoms with Crippen LogP contribution in [0.5, 0.6) is 0 Å². The number of nitrogens with zero attached hydrogens (tertiary/aromatic N) is 3. The molecule has 3 unspecified atom stereocenters. The molecule has 182 valence electrons. The highest BCUT2D eigenvalue weighted by Gasteiger charge is 2.42. The van der Waals surface area contributed by atoms with Crippen LogP contribution in [0.2, 0.25) is 0 Å². The van der Waals surface area contributed by atoms with Crippen LogP contribution in [-0.4, -0.2) is 77.6 Å². The summed E-state index contributed by atoms with van der Waals surface area (Å²) in [6.07, 6.45) is 5.73. The van der Waals surface area contributed by atoms with E-state index in [1.54, 1.807) is 35.4 Å². The molecule has 3 N–H and O–H groups in total. The van der Waals surface area contributed by atoms with Crippen LogP contribution < -0.4 is 11.1 Å². The first-order valence-electron chi connectivity index (χ1n) is 11.8. The maximum absolute atomic E-state index is 13.5. The lowest BCUT2D eigenvalue weighted by atomic mass is 10.1. The van der Waals surface area contributed by atoms with Crippen molar-refractivity contribution >= 4 is 11.8 Å². The number of ether oxygens (including phenoxy) is 1. The number of aromatic nitrogens is 1. The van der Waals surface area contributed by atoms with Gasteiger partial charge < -0.3 is 20.7 Å². The maximum Gasteiger partial charge on any atom is 0.256 e. The smallest absolute Gasteiger partial charge is 0.256 e. The van der Waals surface area contributed by atoms with Crippen molar-refractivity contribution in [1.29, 1.82) is 0 Å². The summed E-state index contributed by atoms with van der Waals surface area (Å²) >= 11 is 0. The highest BCUT2D eigenvalue weighted by atomic mass is 19.1. The molecule has 0 saturated carbocycles. The van der Waals surface area contributed by atoms with Crippen molar-refractivity contribution in [3.05, 3.63) is 65.7 Å². The van der Waals surface area contributed by atoms with Crippen LogP contribution >= 0.6 is 0 Å². The van der Waals surface area contributed by atoms with Crippen molar-refractivity contribution in [2.75, 3.05) is 32.8 Å². The van der Waals surface area contributed by atoms with E-state index in [1.165, 1.54) is 18.3 Å². The molecule has 3 heterocycles. The van der Waals surface area contributed by atoms with Crippen molar-refractivity contribution in [1.82, 2.24) is 20.1 Å². The standard InChI is InChI=1S/C25H32FN5O3/c26-20-7-5-18(6-8-20)15-30(17-22-4-2-12-34-22)21-13-23(24(32)29-11-9-27)31(16-21)25(33)19-3-1-10-28-14-19/h1,3,5-8,10,14,21-23H,2,4,9,11-13,15-17,27H2,(H,29,32). The van der Waals surface area contributed by atoms with Gasteiger partial charge in [0.1, 0.15) is 11.9 Å². The second kappa shape index (κ2) is 11.5. The van der Waals surface area contributed by atoms with Gasteiger partial charge in [0.2, 0.25) is 5.91 Å². The summed E-state index contributed by atoms with van der Waals surface area (Å²) in [6, 6.07) is 9.22. The number of benzene rings is 1. The molecule has 0 radical (unpaired) electrons. The fourth-order valence-electron chi connectivity index (χ4n) is 4.74. The topological polar surface area (TPSA) is 101 Å². The number of halogens is 1. The molecule has 3 atom stereocenters. The highest BCUT2D eigenvalue weighted by Crippen LogP contribution is 2.27. The van der Waals surface area contributed by atoms with Gasteiger partial charge in [-0.1, -0.05) is 12.1 Å². The van der Waals surface area contributed by atoms with Gasteiger partial charge in [-0.2, -0.15) is 0 Å². The van der Waals surface area contributed by atoms with Gasteiger partial charge in [0, 0.05) is 57.8 Å². The number of carbonyl (C=O) groups excluding carboxylic acids is 2. The molecule has 1 aromatic carbocycles. The van der Waals surface area contributed by atoms with E-state index in [0.717, 1.165) is 25.0 Å². The van der Waals surface area contributed by atoms with Crippen LogP contribution in [0.1, 0.15) is 35.2 Å². The molecule has 8 nitrogen and oxygen atoms in total. The molecule has 34 heavy (non-hydrogen) atoms. The highest BCUT2D eigenvalue weighted by molar-refractivity contribution is 5.97. The number of hydrogen-bond donors (Lipinski definition) is 2.